The summed E-state index contributed by atoms with van der Waals surface area (Å²) in [6.07, 6.45) is 0.829. The first-order valence-electron chi connectivity index (χ1n) is 10.8. The summed E-state index contributed by atoms with van der Waals surface area (Å²) in [5.41, 5.74) is 2.87. The number of anilines is 1. The maximum atomic E-state index is 12.7. The molecule has 172 valence electrons. The Labute approximate surface area is 194 Å². The van der Waals surface area contributed by atoms with Crippen LogP contribution in [0.25, 0.3) is 0 Å². The van der Waals surface area contributed by atoms with Gasteiger partial charge in [0.2, 0.25) is 0 Å². The lowest BCUT2D eigenvalue weighted by Gasteiger charge is -2.28. The highest BCUT2D eigenvalue weighted by Crippen LogP contribution is 2.22. The van der Waals surface area contributed by atoms with Gasteiger partial charge in [0.15, 0.2) is 6.61 Å². The van der Waals surface area contributed by atoms with E-state index >= 15 is 0 Å². The van der Waals surface area contributed by atoms with E-state index in [0.29, 0.717) is 36.9 Å². The van der Waals surface area contributed by atoms with E-state index in [1.54, 1.807) is 41.3 Å². The minimum absolute atomic E-state index is 0.0985. The summed E-state index contributed by atoms with van der Waals surface area (Å²) < 4.78 is 38.8. The number of sulfonamides is 1. The van der Waals surface area contributed by atoms with Gasteiger partial charge in [-0.2, -0.15) is 0 Å². The van der Waals surface area contributed by atoms with Crippen LogP contribution in [0, 0.1) is 0 Å². The van der Waals surface area contributed by atoms with Crippen LogP contribution in [-0.2, 0) is 27.8 Å². The average molecular weight is 467 g/mol. The molecule has 3 aromatic rings. The molecule has 4 rings (SSSR count). The molecule has 8 heteroatoms. The van der Waals surface area contributed by atoms with Gasteiger partial charge in [-0.1, -0.05) is 24.3 Å². The number of carbonyl (C=O) groups is 1. The largest absolute Gasteiger partial charge is 0.494 e. The zero-order valence-electron chi connectivity index (χ0n) is 18.4. The second kappa shape index (κ2) is 9.95. The number of benzene rings is 3. The third kappa shape index (κ3) is 5.64. The van der Waals surface area contributed by atoms with Crippen molar-refractivity contribution < 1.29 is 22.7 Å². The molecule has 7 nitrogen and oxygen atoms in total. The summed E-state index contributed by atoms with van der Waals surface area (Å²) in [5.74, 6) is 1.00. The highest BCUT2D eigenvalue weighted by atomic mass is 32.2. The van der Waals surface area contributed by atoms with Crippen molar-refractivity contribution in [1.82, 2.24) is 4.90 Å². The molecule has 33 heavy (non-hydrogen) atoms. The SMILES string of the molecule is CCOc1ccc(NS(=O)(=O)c2ccc(OCC(=O)N3CCc4ccccc4C3)cc2)cc1. The first kappa shape index (κ1) is 22.7. The van der Waals surface area contributed by atoms with Crippen molar-refractivity contribution in [3.8, 4) is 11.5 Å². The van der Waals surface area contributed by atoms with Crippen molar-refractivity contribution in [2.45, 2.75) is 24.8 Å². The van der Waals surface area contributed by atoms with Crippen molar-refractivity contribution in [1.29, 1.82) is 0 Å². The molecule has 0 unspecified atom stereocenters. The lowest BCUT2D eigenvalue weighted by Crippen LogP contribution is -2.38. The predicted molar refractivity (Wildman–Crippen MR) is 126 cm³/mol. The molecule has 0 spiro atoms. The number of nitrogens with one attached hydrogen (secondary N) is 1. The van der Waals surface area contributed by atoms with Crippen LogP contribution in [-0.4, -0.2) is 39.0 Å². The van der Waals surface area contributed by atoms with E-state index in [1.807, 2.05) is 25.1 Å². The molecule has 0 aromatic heterocycles. The highest BCUT2D eigenvalue weighted by molar-refractivity contribution is 7.92. The normalized spacial score (nSPS) is 13.2. The van der Waals surface area contributed by atoms with Crippen LogP contribution in [0.2, 0.25) is 0 Å². The van der Waals surface area contributed by atoms with Crippen molar-refractivity contribution in [3.05, 3.63) is 83.9 Å². The number of amides is 1. The van der Waals surface area contributed by atoms with Gasteiger partial charge in [-0.3, -0.25) is 9.52 Å². The lowest BCUT2D eigenvalue weighted by atomic mass is 10.00. The molecule has 1 aliphatic heterocycles. The molecular weight excluding hydrogens is 440 g/mol. The van der Waals surface area contributed by atoms with E-state index in [4.69, 9.17) is 9.47 Å². The topological polar surface area (TPSA) is 84.9 Å². The number of nitrogens with zero attached hydrogens (tertiary/aromatic N) is 1. The second-order valence-electron chi connectivity index (χ2n) is 7.66. The number of fused-ring (bicyclic) bond motifs is 1. The van der Waals surface area contributed by atoms with Gasteiger partial charge >= 0.3 is 0 Å². The minimum Gasteiger partial charge on any atom is -0.494 e. The molecule has 0 saturated carbocycles. The van der Waals surface area contributed by atoms with Crippen molar-refractivity contribution in [3.63, 3.8) is 0 Å². The first-order chi connectivity index (χ1) is 15.9. The van der Waals surface area contributed by atoms with Crippen LogP contribution in [0.1, 0.15) is 18.1 Å². The molecule has 1 heterocycles. The molecule has 0 bridgehead atoms. The van der Waals surface area contributed by atoms with E-state index in [1.165, 1.54) is 17.7 Å². The molecular formula is C25H26N2O5S. The summed E-state index contributed by atoms with van der Waals surface area (Å²) in [6.45, 7) is 3.56. The Morgan fingerprint density at radius 2 is 1.55 bits per heavy atom. The van der Waals surface area contributed by atoms with Crippen LogP contribution >= 0.6 is 0 Å². The van der Waals surface area contributed by atoms with Gasteiger partial charge in [-0.25, -0.2) is 8.42 Å². The molecule has 0 radical (unpaired) electrons. The summed E-state index contributed by atoms with van der Waals surface area (Å²) in [7, 11) is -3.75. The molecule has 0 aliphatic carbocycles. The van der Waals surface area contributed by atoms with Gasteiger partial charge in [0.25, 0.3) is 15.9 Å². The third-order valence-corrected chi connectivity index (χ3v) is 6.79. The van der Waals surface area contributed by atoms with Gasteiger partial charge in [0.05, 0.1) is 11.5 Å². The van der Waals surface area contributed by atoms with Crippen LogP contribution in [0.5, 0.6) is 11.5 Å². The van der Waals surface area contributed by atoms with Crippen molar-refractivity contribution >= 4 is 21.6 Å². The van der Waals surface area contributed by atoms with Gasteiger partial charge in [-0.15, -0.1) is 0 Å². The van der Waals surface area contributed by atoms with Crippen molar-refractivity contribution in [2.24, 2.45) is 0 Å². The monoisotopic (exact) mass is 466 g/mol. The van der Waals surface area contributed by atoms with Crippen molar-refractivity contribution in [2.75, 3.05) is 24.5 Å². The van der Waals surface area contributed by atoms with E-state index in [9.17, 15) is 13.2 Å². The average Bonchev–Trinajstić information content (AvgIpc) is 2.83. The molecule has 0 atom stereocenters. The van der Waals surface area contributed by atoms with Crippen LogP contribution in [0.3, 0.4) is 0 Å². The van der Waals surface area contributed by atoms with Crippen LogP contribution in [0.4, 0.5) is 5.69 Å². The molecule has 1 amide bonds. The number of hydrogen-bond donors (Lipinski definition) is 1. The number of ether oxygens (including phenoxy) is 2. The lowest BCUT2D eigenvalue weighted by molar-refractivity contribution is -0.134. The van der Waals surface area contributed by atoms with Gasteiger partial charge < -0.3 is 14.4 Å². The Bertz CT molecular complexity index is 1210. The summed E-state index contributed by atoms with van der Waals surface area (Å²) in [5, 5.41) is 0. The molecule has 1 aliphatic rings. The summed E-state index contributed by atoms with van der Waals surface area (Å²) in [6, 6.07) is 20.8. The number of rotatable bonds is 8. The zero-order chi connectivity index (χ0) is 23.3. The molecule has 0 saturated heterocycles. The van der Waals surface area contributed by atoms with Crippen LogP contribution < -0.4 is 14.2 Å². The fourth-order valence-electron chi connectivity index (χ4n) is 3.66. The fraction of sp³-hybridized carbons (Fsp3) is 0.240. The van der Waals surface area contributed by atoms with E-state index in [2.05, 4.69) is 10.8 Å². The number of hydrogen-bond acceptors (Lipinski definition) is 5. The standard InChI is InChI=1S/C25H26N2O5S/c1-2-31-22-9-7-21(8-10-22)26-33(29,30)24-13-11-23(12-14-24)32-18-25(28)27-16-15-19-5-3-4-6-20(19)17-27/h3-14,26H,2,15-18H2,1H3. The number of carbonyl (C=O) groups excluding carboxylic acids is 1. The molecule has 3 aromatic carbocycles. The first-order valence-corrected chi connectivity index (χ1v) is 12.3. The van der Waals surface area contributed by atoms with E-state index in [0.717, 1.165) is 12.0 Å². The van der Waals surface area contributed by atoms with Gasteiger partial charge in [-0.05, 0) is 73.0 Å². The van der Waals surface area contributed by atoms with E-state index in [-0.39, 0.29) is 17.4 Å². The van der Waals surface area contributed by atoms with Gasteiger partial charge in [0, 0.05) is 18.8 Å². The van der Waals surface area contributed by atoms with Gasteiger partial charge in [0.1, 0.15) is 11.5 Å². The Balaban J connectivity index is 1.32. The summed E-state index contributed by atoms with van der Waals surface area (Å²) in [4.78, 5) is 14.4. The molecule has 0 fully saturated rings. The Morgan fingerprint density at radius 1 is 0.909 bits per heavy atom. The second-order valence-corrected chi connectivity index (χ2v) is 9.34. The Morgan fingerprint density at radius 3 is 2.24 bits per heavy atom. The Hall–Kier alpha value is -3.52. The maximum absolute atomic E-state index is 12.7. The van der Waals surface area contributed by atoms with E-state index < -0.39 is 10.0 Å². The Kier molecular flexibility index (Phi) is 6.84. The molecule has 1 N–H and O–H groups in total. The summed E-state index contributed by atoms with van der Waals surface area (Å²) >= 11 is 0. The zero-order valence-corrected chi connectivity index (χ0v) is 19.2. The van der Waals surface area contributed by atoms with Crippen LogP contribution in [0.15, 0.2) is 77.7 Å². The third-order valence-electron chi connectivity index (χ3n) is 5.40. The predicted octanol–water partition coefficient (Wildman–Crippen LogP) is 3.85. The maximum Gasteiger partial charge on any atom is 0.261 e. The fourth-order valence-corrected chi connectivity index (χ4v) is 4.72. The minimum atomic E-state index is -3.75. The highest BCUT2D eigenvalue weighted by Gasteiger charge is 2.21. The smallest absolute Gasteiger partial charge is 0.261 e. The quantitative estimate of drug-likeness (QED) is 0.545.